The highest BCUT2D eigenvalue weighted by molar-refractivity contribution is 7.99. The summed E-state index contributed by atoms with van der Waals surface area (Å²) in [5.41, 5.74) is 3.07. The number of phenolic OH excluding ortho intramolecular Hbond substituents is 1. The van der Waals surface area contributed by atoms with Crippen molar-refractivity contribution in [2.75, 3.05) is 0 Å². The molecule has 0 fully saturated rings. The van der Waals surface area contributed by atoms with Crippen LogP contribution in [0.15, 0.2) is 12.1 Å². The predicted octanol–water partition coefficient (Wildman–Crippen LogP) is 5.24. The summed E-state index contributed by atoms with van der Waals surface area (Å²) in [5, 5.41) is 10.6. The molecule has 1 rings (SSSR count). The fourth-order valence-electron chi connectivity index (χ4n) is 2.48. The largest absolute Gasteiger partial charge is 0.507 e. The van der Waals surface area contributed by atoms with E-state index in [2.05, 4.69) is 46.8 Å². The Hall–Kier alpha value is -0.960. The molecule has 0 bridgehead atoms. The number of hydrogen-bond donors (Lipinski definition) is 1. The molecule has 1 atom stereocenters. The van der Waals surface area contributed by atoms with E-state index >= 15 is 0 Å². The first-order valence-corrected chi connectivity index (χ1v) is 9.01. The van der Waals surface area contributed by atoms with Gasteiger partial charge in [-0.15, -0.1) is 0 Å². The molecule has 0 heterocycles. The summed E-state index contributed by atoms with van der Waals surface area (Å²) < 4.78 is 0. The maximum Gasteiger partial charge on any atom is 0.130 e. The van der Waals surface area contributed by atoms with E-state index in [1.54, 1.807) is 6.92 Å². The van der Waals surface area contributed by atoms with Gasteiger partial charge in [0, 0.05) is 17.4 Å². The van der Waals surface area contributed by atoms with Gasteiger partial charge in [0.1, 0.15) is 11.5 Å². The van der Waals surface area contributed by atoms with Crippen LogP contribution in [-0.4, -0.2) is 16.1 Å². The lowest BCUT2D eigenvalue weighted by molar-refractivity contribution is -0.117. The highest BCUT2D eigenvalue weighted by Gasteiger charge is 2.21. The molecule has 0 aliphatic carbocycles. The van der Waals surface area contributed by atoms with Crippen molar-refractivity contribution in [3.8, 4) is 5.75 Å². The normalized spacial score (nSPS) is 13.5. The lowest BCUT2D eigenvalue weighted by Crippen LogP contribution is -2.16. The number of rotatable bonds is 6. The van der Waals surface area contributed by atoms with E-state index in [9.17, 15) is 9.90 Å². The zero-order valence-corrected chi connectivity index (χ0v) is 15.8. The van der Waals surface area contributed by atoms with Crippen LogP contribution >= 0.6 is 11.8 Å². The number of aryl methyl sites for hydroxylation is 1. The molecular formula is C19H30O2S. The van der Waals surface area contributed by atoms with Gasteiger partial charge in [0.05, 0.1) is 0 Å². The SMILES string of the molecule is CC(=O)CC(SCc1cc(C)c(O)c(C(C)(C)C)c1)C(C)C. The molecule has 1 N–H and O–H groups in total. The lowest BCUT2D eigenvalue weighted by Gasteiger charge is -2.24. The minimum Gasteiger partial charge on any atom is -0.507 e. The Morgan fingerprint density at radius 3 is 2.32 bits per heavy atom. The van der Waals surface area contributed by atoms with E-state index in [1.165, 1.54) is 5.56 Å². The van der Waals surface area contributed by atoms with Gasteiger partial charge in [-0.05, 0) is 41.9 Å². The molecule has 0 aliphatic rings. The van der Waals surface area contributed by atoms with Gasteiger partial charge in [-0.3, -0.25) is 4.79 Å². The third-order valence-corrected chi connectivity index (χ3v) is 5.50. The molecule has 124 valence electrons. The van der Waals surface area contributed by atoms with Crippen LogP contribution in [0.2, 0.25) is 0 Å². The first-order chi connectivity index (χ1) is 10.0. The molecular weight excluding hydrogens is 292 g/mol. The van der Waals surface area contributed by atoms with Crippen LogP contribution in [-0.2, 0) is 16.0 Å². The third-order valence-electron chi connectivity index (χ3n) is 3.86. The van der Waals surface area contributed by atoms with Crippen LogP contribution in [0.3, 0.4) is 0 Å². The fourth-order valence-corrected chi connectivity index (χ4v) is 3.79. The van der Waals surface area contributed by atoms with E-state index in [0.29, 0.717) is 23.3 Å². The van der Waals surface area contributed by atoms with E-state index in [0.717, 1.165) is 16.9 Å². The Labute approximate surface area is 139 Å². The molecule has 1 aromatic carbocycles. The van der Waals surface area contributed by atoms with Gasteiger partial charge in [-0.2, -0.15) is 11.8 Å². The fraction of sp³-hybridized carbons (Fsp3) is 0.632. The second-order valence-electron chi connectivity index (χ2n) is 7.56. The molecule has 0 saturated heterocycles. The molecule has 0 aromatic heterocycles. The van der Waals surface area contributed by atoms with Crippen molar-refractivity contribution in [1.82, 2.24) is 0 Å². The molecule has 22 heavy (non-hydrogen) atoms. The van der Waals surface area contributed by atoms with Gasteiger partial charge in [0.15, 0.2) is 0 Å². The number of hydrogen-bond acceptors (Lipinski definition) is 3. The number of Topliss-reactive ketones (excluding diaryl/α,β-unsaturated/α-hetero) is 1. The zero-order chi connectivity index (χ0) is 17.1. The summed E-state index contributed by atoms with van der Waals surface area (Å²) in [6, 6.07) is 4.17. The molecule has 0 amide bonds. The third kappa shape index (κ3) is 5.35. The molecule has 1 aromatic rings. The van der Waals surface area contributed by atoms with E-state index in [4.69, 9.17) is 0 Å². The van der Waals surface area contributed by atoms with Crippen molar-refractivity contribution < 1.29 is 9.90 Å². The van der Waals surface area contributed by atoms with Gasteiger partial charge in [-0.1, -0.05) is 46.8 Å². The number of aromatic hydroxyl groups is 1. The number of ketones is 1. The molecule has 0 spiro atoms. The Bertz CT molecular complexity index is 527. The Morgan fingerprint density at radius 1 is 1.27 bits per heavy atom. The first-order valence-electron chi connectivity index (χ1n) is 7.96. The topological polar surface area (TPSA) is 37.3 Å². The molecule has 0 aliphatic heterocycles. The van der Waals surface area contributed by atoms with E-state index in [-0.39, 0.29) is 11.2 Å². The quantitative estimate of drug-likeness (QED) is 0.778. The smallest absolute Gasteiger partial charge is 0.130 e. The van der Waals surface area contributed by atoms with Crippen LogP contribution < -0.4 is 0 Å². The minimum atomic E-state index is -0.0770. The van der Waals surface area contributed by atoms with Crippen molar-refractivity contribution in [1.29, 1.82) is 0 Å². The van der Waals surface area contributed by atoms with Crippen molar-refractivity contribution in [3.05, 3.63) is 28.8 Å². The molecule has 1 unspecified atom stereocenters. The highest BCUT2D eigenvalue weighted by Crippen LogP contribution is 2.36. The summed E-state index contributed by atoms with van der Waals surface area (Å²) in [7, 11) is 0. The Morgan fingerprint density at radius 2 is 1.86 bits per heavy atom. The summed E-state index contributed by atoms with van der Waals surface area (Å²) in [5.74, 6) is 2.02. The first kappa shape index (κ1) is 19.1. The lowest BCUT2D eigenvalue weighted by atomic mass is 9.84. The van der Waals surface area contributed by atoms with Gasteiger partial charge in [0.25, 0.3) is 0 Å². The van der Waals surface area contributed by atoms with Crippen molar-refractivity contribution in [2.24, 2.45) is 5.92 Å². The van der Waals surface area contributed by atoms with E-state index in [1.807, 2.05) is 18.7 Å². The summed E-state index contributed by atoms with van der Waals surface area (Å²) in [4.78, 5) is 11.4. The standard InChI is InChI=1S/C19H30O2S/c1-12(2)17(9-14(4)20)22-11-15-8-13(3)18(21)16(10-15)19(5,6)7/h8,10,12,17,21H,9,11H2,1-7H3. The number of phenols is 1. The minimum absolute atomic E-state index is 0.0770. The zero-order valence-electron chi connectivity index (χ0n) is 15.0. The highest BCUT2D eigenvalue weighted by atomic mass is 32.2. The molecule has 3 heteroatoms. The van der Waals surface area contributed by atoms with Crippen LogP contribution in [0.25, 0.3) is 0 Å². The monoisotopic (exact) mass is 322 g/mol. The predicted molar refractivity (Wildman–Crippen MR) is 96.8 cm³/mol. The Kier molecular flexibility index (Phi) is 6.54. The van der Waals surface area contributed by atoms with Crippen LogP contribution in [0.1, 0.15) is 64.7 Å². The number of carbonyl (C=O) groups is 1. The number of carbonyl (C=O) groups excluding carboxylic acids is 1. The maximum absolute atomic E-state index is 11.4. The van der Waals surface area contributed by atoms with Crippen LogP contribution in [0, 0.1) is 12.8 Å². The number of thioether (sulfide) groups is 1. The number of benzene rings is 1. The molecule has 2 nitrogen and oxygen atoms in total. The van der Waals surface area contributed by atoms with E-state index < -0.39 is 0 Å². The van der Waals surface area contributed by atoms with Crippen LogP contribution in [0.4, 0.5) is 0 Å². The van der Waals surface area contributed by atoms with Gasteiger partial charge in [0.2, 0.25) is 0 Å². The van der Waals surface area contributed by atoms with Crippen molar-refractivity contribution in [3.63, 3.8) is 0 Å². The van der Waals surface area contributed by atoms with Gasteiger partial charge in [-0.25, -0.2) is 0 Å². The second-order valence-corrected chi connectivity index (χ2v) is 8.79. The second kappa shape index (κ2) is 7.54. The Balaban J connectivity index is 2.94. The molecule has 0 saturated carbocycles. The average Bonchev–Trinajstić information content (AvgIpc) is 2.36. The van der Waals surface area contributed by atoms with Gasteiger partial charge >= 0.3 is 0 Å². The maximum atomic E-state index is 11.4. The molecule has 0 radical (unpaired) electrons. The summed E-state index contributed by atoms with van der Waals surface area (Å²) >= 11 is 1.84. The summed E-state index contributed by atoms with van der Waals surface area (Å²) in [6.07, 6.45) is 0.630. The van der Waals surface area contributed by atoms with Crippen molar-refractivity contribution in [2.45, 2.75) is 71.3 Å². The van der Waals surface area contributed by atoms with Gasteiger partial charge < -0.3 is 5.11 Å². The van der Waals surface area contributed by atoms with Crippen molar-refractivity contribution >= 4 is 17.5 Å². The van der Waals surface area contributed by atoms with Crippen LogP contribution in [0.5, 0.6) is 5.75 Å². The summed E-state index contributed by atoms with van der Waals surface area (Å²) in [6.45, 7) is 14.3. The average molecular weight is 323 g/mol.